The molecule has 1 aromatic rings. The van der Waals surface area contributed by atoms with Gasteiger partial charge in [-0.1, -0.05) is 69.9 Å². The molecular weight excluding hydrogens is 478 g/mol. The van der Waals surface area contributed by atoms with Crippen LogP contribution in [0.3, 0.4) is 0 Å². The predicted octanol–water partition coefficient (Wildman–Crippen LogP) is 8.55. The number of nitrogens with two attached hydrogens (primary N) is 1. The smallest absolute Gasteiger partial charge is 0.306 e. The Morgan fingerprint density at radius 1 is 1.05 bits per heavy atom. The average molecular weight is 534 g/mol. The zero-order valence-electron chi connectivity index (χ0n) is 26.0. The number of carbonyl (C=O) groups excluding carboxylic acids is 1. The van der Waals surface area contributed by atoms with Crippen LogP contribution in [-0.4, -0.2) is 17.6 Å². The molecule has 0 heterocycles. The first kappa shape index (κ1) is 28.9. The molecule has 0 aliphatic heterocycles. The molecule has 3 heteroatoms. The van der Waals surface area contributed by atoms with Gasteiger partial charge in [0, 0.05) is 18.4 Å². The van der Waals surface area contributed by atoms with Crippen LogP contribution in [0.4, 0.5) is 0 Å². The van der Waals surface area contributed by atoms with Crippen LogP contribution in [-0.2, 0) is 16.0 Å². The van der Waals surface area contributed by atoms with Crippen molar-refractivity contribution in [2.75, 3.05) is 0 Å². The monoisotopic (exact) mass is 533 g/mol. The minimum Gasteiger partial charge on any atom is -0.462 e. The van der Waals surface area contributed by atoms with E-state index in [2.05, 4.69) is 66.7 Å². The quantitative estimate of drug-likeness (QED) is 0.282. The molecule has 39 heavy (non-hydrogen) atoms. The highest BCUT2D eigenvalue weighted by Gasteiger charge is 2.64. The number of esters is 1. The van der Waals surface area contributed by atoms with Crippen LogP contribution < -0.4 is 5.73 Å². The van der Waals surface area contributed by atoms with Crippen LogP contribution in [0.15, 0.2) is 23.8 Å². The summed E-state index contributed by atoms with van der Waals surface area (Å²) in [4.78, 5) is 12.9. The minimum atomic E-state index is -0.0841. The first-order valence-corrected chi connectivity index (χ1v) is 16.2. The van der Waals surface area contributed by atoms with E-state index >= 15 is 0 Å². The maximum absolute atomic E-state index is 12.9. The number of fused-ring (bicyclic) bond motifs is 5. The number of benzene rings is 1. The molecule has 8 atom stereocenters. The normalized spacial score (nSPS) is 38.3. The van der Waals surface area contributed by atoms with Crippen molar-refractivity contribution in [3.05, 3.63) is 46.0 Å². The maximum Gasteiger partial charge on any atom is 0.306 e. The lowest BCUT2D eigenvalue weighted by atomic mass is 9.44. The second-order valence-electron chi connectivity index (χ2n) is 14.8. The molecule has 0 saturated heterocycles. The van der Waals surface area contributed by atoms with Gasteiger partial charge in [0.1, 0.15) is 6.10 Å². The topological polar surface area (TPSA) is 52.3 Å². The van der Waals surface area contributed by atoms with Gasteiger partial charge in [0.15, 0.2) is 0 Å². The highest BCUT2D eigenvalue weighted by atomic mass is 16.5. The summed E-state index contributed by atoms with van der Waals surface area (Å²) in [5.41, 5.74) is 14.7. The minimum absolute atomic E-state index is 0.0157. The van der Waals surface area contributed by atoms with E-state index in [-0.39, 0.29) is 23.0 Å². The summed E-state index contributed by atoms with van der Waals surface area (Å²) in [7, 11) is 0. The third kappa shape index (κ3) is 4.93. The van der Waals surface area contributed by atoms with Crippen molar-refractivity contribution >= 4 is 5.97 Å². The highest BCUT2D eigenvalue weighted by molar-refractivity contribution is 5.70. The average Bonchev–Trinajstić information content (AvgIpc) is 3.22. The molecule has 4 aliphatic rings. The van der Waals surface area contributed by atoms with E-state index in [0.29, 0.717) is 23.7 Å². The van der Waals surface area contributed by atoms with Crippen molar-refractivity contribution < 1.29 is 9.53 Å². The van der Waals surface area contributed by atoms with Gasteiger partial charge in [-0.15, -0.1) is 0 Å². The van der Waals surface area contributed by atoms with Crippen LogP contribution in [0.25, 0.3) is 0 Å². The standard InChI is InChI=1S/C36H55NO2/c1-8-9-24(3)30-11-12-31-35(30,7)18-16-32-34(6)17-15-28(22-27(34)14-19-36(31,32)37)39-33(38)13-10-29-25(4)20-23(2)21-26(29)5/h14,20-21,24,28,30-32H,8-13,15-19,22,37H2,1-7H3/t24-,28?,30?,31?,32?,34?,35?,36?/m1/s1. The van der Waals surface area contributed by atoms with Gasteiger partial charge in [-0.25, -0.2) is 0 Å². The second kappa shape index (κ2) is 10.7. The molecule has 3 fully saturated rings. The number of hydrogen-bond donors (Lipinski definition) is 1. The lowest BCUT2D eigenvalue weighted by Gasteiger charge is -2.63. The largest absolute Gasteiger partial charge is 0.462 e. The van der Waals surface area contributed by atoms with E-state index in [0.717, 1.165) is 43.9 Å². The molecule has 0 bridgehead atoms. The summed E-state index contributed by atoms with van der Waals surface area (Å²) in [6, 6.07) is 4.43. The van der Waals surface area contributed by atoms with Crippen LogP contribution in [0.2, 0.25) is 0 Å². The van der Waals surface area contributed by atoms with Crippen LogP contribution in [0.1, 0.15) is 121 Å². The summed E-state index contributed by atoms with van der Waals surface area (Å²) < 4.78 is 6.11. The summed E-state index contributed by atoms with van der Waals surface area (Å²) in [6.45, 7) is 16.4. The first-order valence-electron chi connectivity index (χ1n) is 16.2. The van der Waals surface area contributed by atoms with Crippen molar-refractivity contribution in [1.29, 1.82) is 0 Å². The number of carbonyl (C=O) groups is 1. The Bertz CT molecular complexity index is 1100. The van der Waals surface area contributed by atoms with Gasteiger partial charge in [-0.3, -0.25) is 4.79 Å². The Morgan fingerprint density at radius 2 is 1.77 bits per heavy atom. The van der Waals surface area contributed by atoms with Crippen molar-refractivity contribution in [3.8, 4) is 0 Å². The summed E-state index contributed by atoms with van der Waals surface area (Å²) in [6.07, 6.45) is 15.6. The zero-order valence-corrected chi connectivity index (χ0v) is 26.0. The Labute approximate surface area is 238 Å². The van der Waals surface area contributed by atoms with E-state index in [9.17, 15) is 4.79 Å². The molecule has 216 valence electrons. The molecule has 2 N–H and O–H groups in total. The van der Waals surface area contributed by atoms with Gasteiger partial charge in [-0.2, -0.15) is 0 Å². The van der Waals surface area contributed by atoms with Crippen molar-refractivity contribution in [2.45, 2.75) is 137 Å². The van der Waals surface area contributed by atoms with E-state index in [1.54, 1.807) is 0 Å². The van der Waals surface area contributed by atoms with Gasteiger partial charge in [0.25, 0.3) is 0 Å². The van der Waals surface area contributed by atoms with Gasteiger partial charge in [0.2, 0.25) is 0 Å². The Morgan fingerprint density at radius 3 is 2.46 bits per heavy atom. The molecule has 0 radical (unpaired) electrons. The van der Waals surface area contributed by atoms with Crippen LogP contribution in [0.5, 0.6) is 0 Å². The van der Waals surface area contributed by atoms with Crippen molar-refractivity contribution in [2.24, 2.45) is 40.2 Å². The van der Waals surface area contributed by atoms with Crippen molar-refractivity contribution in [3.63, 3.8) is 0 Å². The van der Waals surface area contributed by atoms with Gasteiger partial charge in [-0.05, 0) is 123 Å². The van der Waals surface area contributed by atoms with E-state index < -0.39 is 0 Å². The fraction of sp³-hybridized carbons (Fsp3) is 0.750. The summed E-state index contributed by atoms with van der Waals surface area (Å²) >= 11 is 0. The summed E-state index contributed by atoms with van der Waals surface area (Å²) in [5, 5.41) is 0. The Kier molecular flexibility index (Phi) is 7.90. The molecule has 5 rings (SSSR count). The fourth-order valence-corrected chi connectivity index (χ4v) is 10.7. The molecular formula is C36H55NO2. The highest BCUT2D eigenvalue weighted by Crippen LogP contribution is 2.68. The SMILES string of the molecule is CCC[C@@H](C)C1CCC2C1(C)CCC1C3(C)CCC(OC(=O)CCc4c(C)cc(C)cc4C)CC3=CCC12N. The van der Waals surface area contributed by atoms with E-state index in [1.165, 1.54) is 66.4 Å². The van der Waals surface area contributed by atoms with E-state index in [4.69, 9.17) is 10.5 Å². The number of rotatable bonds is 7. The molecule has 0 aromatic heterocycles. The Hall–Kier alpha value is -1.61. The van der Waals surface area contributed by atoms with Gasteiger partial charge in [0.05, 0.1) is 0 Å². The van der Waals surface area contributed by atoms with Crippen molar-refractivity contribution in [1.82, 2.24) is 0 Å². The molecule has 3 saturated carbocycles. The van der Waals surface area contributed by atoms with Gasteiger partial charge < -0.3 is 10.5 Å². The number of ether oxygens (including phenoxy) is 1. The zero-order chi connectivity index (χ0) is 28.2. The molecule has 7 unspecified atom stereocenters. The fourth-order valence-electron chi connectivity index (χ4n) is 10.7. The molecule has 0 amide bonds. The number of aryl methyl sites for hydroxylation is 3. The lowest BCUT2D eigenvalue weighted by Crippen LogP contribution is -2.66. The number of hydrogen-bond acceptors (Lipinski definition) is 3. The molecule has 0 spiro atoms. The first-order chi connectivity index (χ1) is 18.4. The lowest BCUT2D eigenvalue weighted by molar-refractivity contribution is -0.151. The predicted molar refractivity (Wildman–Crippen MR) is 162 cm³/mol. The van der Waals surface area contributed by atoms with Crippen LogP contribution >= 0.6 is 0 Å². The second-order valence-corrected chi connectivity index (χ2v) is 14.8. The maximum atomic E-state index is 12.9. The third-order valence-corrected chi connectivity index (χ3v) is 12.5. The molecule has 4 aliphatic carbocycles. The Balaban J connectivity index is 1.25. The van der Waals surface area contributed by atoms with E-state index in [1.807, 2.05) is 0 Å². The van der Waals surface area contributed by atoms with Crippen LogP contribution in [0, 0.1) is 55.3 Å². The molecule has 1 aromatic carbocycles. The summed E-state index contributed by atoms with van der Waals surface area (Å²) in [5.74, 6) is 2.77. The molecule has 3 nitrogen and oxygen atoms in total. The van der Waals surface area contributed by atoms with Gasteiger partial charge >= 0.3 is 5.97 Å². The third-order valence-electron chi connectivity index (χ3n) is 12.5.